The maximum atomic E-state index is 14.0. The van der Waals surface area contributed by atoms with E-state index < -0.39 is 0 Å². The highest BCUT2D eigenvalue weighted by atomic mass is 127. The number of nitrogens with zero attached hydrogens (tertiary/aromatic N) is 3. The molecule has 0 bridgehead atoms. The van der Waals surface area contributed by atoms with Crippen LogP contribution in [0.5, 0.6) is 0 Å². The van der Waals surface area contributed by atoms with Crippen molar-refractivity contribution in [3.05, 3.63) is 74.6 Å². The smallest absolute Gasteiger partial charge is 0.252 e. The average molecular weight is 492 g/mol. The average Bonchev–Trinajstić information content (AvgIpc) is 3.24. The number of nitrogens with one attached hydrogen (secondary N) is 1. The number of fused-ring (bicyclic) bond motifs is 1. The first-order chi connectivity index (χ1) is 13.1. The SMILES string of the molecule is O=C(NCCc1csc2nc(-c3ccccc3F)nn12)c1ccccc1I. The summed E-state index contributed by atoms with van der Waals surface area (Å²) in [5.41, 5.74) is 1.97. The van der Waals surface area contributed by atoms with Crippen LogP contribution < -0.4 is 5.32 Å². The molecule has 27 heavy (non-hydrogen) atoms. The first-order valence-corrected chi connectivity index (χ1v) is 10.2. The molecule has 0 unspecified atom stereocenters. The van der Waals surface area contributed by atoms with E-state index >= 15 is 0 Å². The Morgan fingerprint density at radius 2 is 1.96 bits per heavy atom. The molecule has 0 atom stereocenters. The molecule has 0 aliphatic carbocycles. The topological polar surface area (TPSA) is 59.3 Å². The lowest BCUT2D eigenvalue weighted by atomic mass is 10.2. The molecule has 0 saturated carbocycles. The summed E-state index contributed by atoms with van der Waals surface area (Å²) in [6.45, 7) is 0.477. The van der Waals surface area contributed by atoms with Gasteiger partial charge in [-0.2, -0.15) is 4.98 Å². The molecule has 1 N–H and O–H groups in total. The molecule has 0 aliphatic heterocycles. The van der Waals surface area contributed by atoms with Crippen LogP contribution in [0.15, 0.2) is 53.9 Å². The van der Waals surface area contributed by atoms with E-state index in [0.29, 0.717) is 34.9 Å². The van der Waals surface area contributed by atoms with Crippen molar-refractivity contribution in [3.8, 4) is 11.4 Å². The molecule has 0 aliphatic rings. The summed E-state index contributed by atoms with van der Waals surface area (Å²) >= 11 is 3.59. The minimum absolute atomic E-state index is 0.0999. The summed E-state index contributed by atoms with van der Waals surface area (Å²) in [5, 5.41) is 9.32. The van der Waals surface area contributed by atoms with Crippen LogP contribution in [0.25, 0.3) is 16.3 Å². The fourth-order valence-electron chi connectivity index (χ4n) is 2.70. The van der Waals surface area contributed by atoms with E-state index in [1.54, 1.807) is 28.8 Å². The fourth-order valence-corrected chi connectivity index (χ4v) is 4.19. The van der Waals surface area contributed by atoms with Crippen molar-refractivity contribution in [1.29, 1.82) is 0 Å². The molecule has 0 radical (unpaired) electrons. The lowest BCUT2D eigenvalue weighted by molar-refractivity contribution is 0.0953. The van der Waals surface area contributed by atoms with E-state index in [4.69, 9.17) is 0 Å². The highest BCUT2D eigenvalue weighted by Crippen LogP contribution is 2.23. The fraction of sp³-hybridized carbons (Fsp3) is 0.105. The summed E-state index contributed by atoms with van der Waals surface area (Å²) in [5.74, 6) is -0.0804. The Kier molecular flexibility index (Phi) is 5.17. The van der Waals surface area contributed by atoms with Gasteiger partial charge in [0.15, 0.2) is 5.82 Å². The Morgan fingerprint density at radius 1 is 1.19 bits per heavy atom. The maximum absolute atomic E-state index is 14.0. The van der Waals surface area contributed by atoms with Gasteiger partial charge in [-0.15, -0.1) is 16.4 Å². The molecule has 0 fully saturated rings. The highest BCUT2D eigenvalue weighted by Gasteiger charge is 2.14. The minimum Gasteiger partial charge on any atom is -0.352 e. The van der Waals surface area contributed by atoms with Crippen LogP contribution in [0.2, 0.25) is 0 Å². The summed E-state index contributed by atoms with van der Waals surface area (Å²) in [7, 11) is 0. The lowest BCUT2D eigenvalue weighted by Gasteiger charge is -2.06. The molecule has 1 amide bonds. The zero-order valence-electron chi connectivity index (χ0n) is 14.0. The van der Waals surface area contributed by atoms with Crippen molar-refractivity contribution < 1.29 is 9.18 Å². The van der Waals surface area contributed by atoms with Gasteiger partial charge >= 0.3 is 0 Å². The van der Waals surface area contributed by atoms with E-state index in [0.717, 1.165) is 9.26 Å². The van der Waals surface area contributed by atoms with Gasteiger partial charge in [-0.05, 0) is 46.9 Å². The van der Waals surface area contributed by atoms with Crippen LogP contribution in [0.1, 0.15) is 16.1 Å². The van der Waals surface area contributed by atoms with Gasteiger partial charge in [0.25, 0.3) is 5.91 Å². The largest absolute Gasteiger partial charge is 0.352 e. The molecule has 136 valence electrons. The normalized spacial score (nSPS) is 11.0. The van der Waals surface area contributed by atoms with Crippen molar-refractivity contribution in [2.24, 2.45) is 0 Å². The lowest BCUT2D eigenvalue weighted by Crippen LogP contribution is -2.26. The van der Waals surface area contributed by atoms with Crippen LogP contribution in [-0.2, 0) is 6.42 Å². The van der Waals surface area contributed by atoms with Crippen molar-refractivity contribution in [2.45, 2.75) is 6.42 Å². The van der Waals surface area contributed by atoms with Crippen molar-refractivity contribution >= 4 is 44.8 Å². The number of halogens is 2. The third kappa shape index (κ3) is 3.72. The maximum Gasteiger partial charge on any atom is 0.252 e. The third-order valence-electron chi connectivity index (χ3n) is 4.05. The van der Waals surface area contributed by atoms with Crippen LogP contribution in [-0.4, -0.2) is 27.0 Å². The van der Waals surface area contributed by atoms with Gasteiger partial charge in [0.2, 0.25) is 4.96 Å². The first kappa shape index (κ1) is 18.1. The second-order valence-electron chi connectivity index (χ2n) is 5.82. The van der Waals surface area contributed by atoms with Gasteiger partial charge in [-0.1, -0.05) is 24.3 Å². The molecule has 5 nitrogen and oxygen atoms in total. The molecule has 2 aromatic heterocycles. The predicted octanol–water partition coefficient (Wildman–Crippen LogP) is 4.17. The van der Waals surface area contributed by atoms with Gasteiger partial charge in [0.05, 0.1) is 16.8 Å². The number of hydrogen-bond donors (Lipinski definition) is 1. The predicted molar refractivity (Wildman–Crippen MR) is 111 cm³/mol. The second-order valence-corrected chi connectivity index (χ2v) is 7.82. The van der Waals surface area contributed by atoms with E-state index in [1.807, 2.05) is 23.6 Å². The molecule has 2 aromatic carbocycles. The number of carbonyl (C=O) groups excluding carboxylic acids is 1. The Balaban J connectivity index is 1.48. The van der Waals surface area contributed by atoms with E-state index in [2.05, 4.69) is 38.0 Å². The molecule has 8 heteroatoms. The van der Waals surface area contributed by atoms with Crippen LogP contribution in [0.3, 0.4) is 0 Å². The number of carbonyl (C=O) groups is 1. The summed E-state index contributed by atoms with van der Waals surface area (Å²) in [6.07, 6.45) is 0.606. The number of benzene rings is 2. The van der Waals surface area contributed by atoms with Gasteiger partial charge in [-0.3, -0.25) is 4.79 Å². The molecule has 2 heterocycles. The summed E-state index contributed by atoms with van der Waals surface area (Å²) in [4.78, 5) is 17.4. The zero-order chi connectivity index (χ0) is 18.8. The van der Waals surface area contributed by atoms with E-state index in [1.165, 1.54) is 17.4 Å². The molecular weight excluding hydrogens is 478 g/mol. The summed E-state index contributed by atoms with van der Waals surface area (Å²) < 4.78 is 16.6. The monoisotopic (exact) mass is 492 g/mol. The van der Waals surface area contributed by atoms with Crippen molar-refractivity contribution in [1.82, 2.24) is 19.9 Å². The Labute approximate surface area is 172 Å². The standard InChI is InChI=1S/C19H14FIN4OS/c20-15-7-3-1-5-13(15)17-23-19-25(24-17)12(11-27-19)9-10-22-18(26)14-6-2-4-8-16(14)21/h1-8,11H,9-10H2,(H,22,26). The van der Waals surface area contributed by atoms with Crippen LogP contribution >= 0.6 is 33.9 Å². The van der Waals surface area contributed by atoms with Gasteiger partial charge < -0.3 is 5.32 Å². The molecule has 4 rings (SSSR count). The zero-order valence-corrected chi connectivity index (χ0v) is 17.0. The van der Waals surface area contributed by atoms with Gasteiger partial charge in [0.1, 0.15) is 5.82 Å². The van der Waals surface area contributed by atoms with Crippen molar-refractivity contribution in [2.75, 3.05) is 6.54 Å². The number of thiazole rings is 1. The molecule has 0 saturated heterocycles. The Hall–Kier alpha value is -2.33. The number of aromatic nitrogens is 3. The number of amides is 1. The highest BCUT2D eigenvalue weighted by molar-refractivity contribution is 14.1. The van der Waals surface area contributed by atoms with Crippen LogP contribution in [0.4, 0.5) is 4.39 Å². The molecule has 4 aromatic rings. The third-order valence-corrected chi connectivity index (χ3v) is 5.86. The number of rotatable bonds is 5. The van der Waals surface area contributed by atoms with Crippen molar-refractivity contribution in [3.63, 3.8) is 0 Å². The van der Waals surface area contributed by atoms with E-state index in [-0.39, 0.29) is 11.7 Å². The van der Waals surface area contributed by atoms with E-state index in [9.17, 15) is 9.18 Å². The summed E-state index contributed by atoms with van der Waals surface area (Å²) in [6, 6.07) is 13.9. The quantitative estimate of drug-likeness (QED) is 0.426. The second kappa shape index (κ2) is 7.73. The first-order valence-electron chi connectivity index (χ1n) is 8.24. The van der Waals surface area contributed by atoms with Crippen LogP contribution in [0, 0.1) is 9.39 Å². The van der Waals surface area contributed by atoms with Gasteiger partial charge in [0, 0.05) is 21.9 Å². The molecule has 0 spiro atoms. The minimum atomic E-state index is -0.345. The molecular formula is C19H14FIN4OS. The Morgan fingerprint density at radius 3 is 2.78 bits per heavy atom. The van der Waals surface area contributed by atoms with Gasteiger partial charge in [-0.25, -0.2) is 8.91 Å². The number of hydrogen-bond acceptors (Lipinski definition) is 4. The Bertz CT molecular complexity index is 1120.